The first-order valence-corrected chi connectivity index (χ1v) is 9.80. The fourth-order valence-electron chi connectivity index (χ4n) is 3.72. The third-order valence-electron chi connectivity index (χ3n) is 4.95. The molecule has 1 spiro atoms. The van der Waals surface area contributed by atoms with Crippen molar-refractivity contribution in [2.24, 2.45) is 0 Å². The zero-order valence-electron chi connectivity index (χ0n) is 13.9. The Bertz CT molecular complexity index is 572. The smallest absolute Gasteiger partial charge is 0.168 e. The second kappa shape index (κ2) is 7.35. The van der Waals surface area contributed by atoms with Crippen LogP contribution in [0.25, 0.3) is 0 Å². The van der Waals surface area contributed by atoms with Crippen molar-refractivity contribution in [3.05, 3.63) is 40.6 Å². The highest BCUT2D eigenvalue weighted by molar-refractivity contribution is 7.10. The van der Waals surface area contributed by atoms with E-state index in [0.29, 0.717) is 6.61 Å². The second-order valence-corrected chi connectivity index (χ2v) is 7.69. The molecule has 2 aromatic rings. The van der Waals surface area contributed by atoms with Gasteiger partial charge in [0.25, 0.3) is 0 Å². The van der Waals surface area contributed by atoms with E-state index in [1.54, 1.807) is 17.5 Å². The Balaban J connectivity index is 1.38. The van der Waals surface area contributed by atoms with Gasteiger partial charge in [-0.15, -0.1) is 11.3 Å². The molecule has 1 aliphatic heterocycles. The third-order valence-corrected chi connectivity index (χ3v) is 5.89. The lowest BCUT2D eigenvalue weighted by molar-refractivity contribution is -0.175. The number of rotatable bonds is 5. The molecule has 0 amide bonds. The number of thiophene rings is 1. The summed E-state index contributed by atoms with van der Waals surface area (Å²) in [5.41, 5.74) is 0. The quantitative estimate of drug-likeness (QED) is 0.867. The summed E-state index contributed by atoms with van der Waals surface area (Å²) in [6.07, 6.45) is 10.9. The molecule has 2 N–H and O–H groups in total. The highest BCUT2D eigenvalue weighted by Crippen LogP contribution is 2.36. The molecule has 6 heteroatoms. The van der Waals surface area contributed by atoms with E-state index in [9.17, 15) is 0 Å². The predicted octanol–water partition coefficient (Wildman–Crippen LogP) is 3.62. The normalized spacial score (nSPS) is 24.9. The van der Waals surface area contributed by atoms with Gasteiger partial charge in [-0.05, 0) is 24.3 Å². The monoisotopic (exact) mass is 347 g/mol. The van der Waals surface area contributed by atoms with Crippen LogP contribution < -0.4 is 5.32 Å². The molecule has 2 fully saturated rings. The SMILES string of the molecule is c1csc([C@@H](NC[C@H]2COC3(CCCCCC3)O2)c2ncc[nH]2)c1. The summed E-state index contributed by atoms with van der Waals surface area (Å²) in [4.78, 5) is 8.91. The maximum Gasteiger partial charge on any atom is 0.168 e. The van der Waals surface area contributed by atoms with Crippen LogP contribution in [0.2, 0.25) is 0 Å². The number of aromatic nitrogens is 2. The van der Waals surface area contributed by atoms with Crippen molar-refractivity contribution in [1.82, 2.24) is 15.3 Å². The van der Waals surface area contributed by atoms with Gasteiger partial charge in [-0.1, -0.05) is 18.9 Å². The third kappa shape index (κ3) is 3.57. The molecule has 4 rings (SSSR count). The Morgan fingerprint density at radius 3 is 2.92 bits per heavy atom. The molecule has 0 aromatic carbocycles. The van der Waals surface area contributed by atoms with Crippen molar-refractivity contribution >= 4 is 11.3 Å². The molecule has 1 saturated heterocycles. The minimum Gasteiger partial charge on any atom is -0.347 e. The van der Waals surface area contributed by atoms with Crippen LogP contribution in [0, 0.1) is 0 Å². The first kappa shape index (κ1) is 16.3. The van der Waals surface area contributed by atoms with Crippen molar-refractivity contribution in [2.75, 3.05) is 13.2 Å². The Morgan fingerprint density at radius 1 is 1.33 bits per heavy atom. The summed E-state index contributed by atoms with van der Waals surface area (Å²) < 4.78 is 12.4. The number of nitrogens with one attached hydrogen (secondary N) is 2. The zero-order chi connectivity index (χ0) is 16.2. The molecule has 0 bridgehead atoms. The predicted molar refractivity (Wildman–Crippen MR) is 94.0 cm³/mol. The molecule has 0 unspecified atom stereocenters. The van der Waals surface area contributed by atoms with E-state index in [1.165, 1.54) is 30.6 Å². The summed E-state index contributed by atoms with van der Waals surface area (Å²) in [5, 5.41) is 5.72. The molecular formula is C18H25N3O2S. The summed E-state index contributed by atoms with van der Waals surface area (Å²) in [7, 11) is 0. The van der Waals surface area contributed by atoms with Gasteiger partial charge in [0, 0.05) is 36.7 Å². The standard InChI is InChI=1S/C18H25N3O2S/c1-2-4-8-18(7-3-1)22-13-14(23-18)12-21-16(15-6-5-11-24-15)17-19-9-10-20-17/h5-6,9-11,14,16,21H,1-4,7-8,12-13H2,(H,19,20)/t14-,16+/m0/s1. The van der Waals surface area contributed by atoms with E-state index in [0.717, 1.165) is 25.2 Å². The van der Waals surface area contributed by atoms with Gasteiger partial charge in [-0.3, -0.25) is 0 Å². The lowest BCUT2D eigenvalue weighted by Crippen LogP contribution is -2.35. The number of hydrogen-bond donors (Lipinski definition) is 2. The van der Waals surface area contributed by atoms with Crippen LogP contribution >= 0.6 is 11.3 Å². The molecule has 3 heterocycles. The Hall–Kier alpha value is -1.21. The van der Waals surface area contributed by atoms with Crippen molar-refractivity contribution in [3.8, 4) is 0 Å². The molecule has 24 heavy (non-hydrogen) atoms. The van der Waals surface area contributed by atoms with E-state index in [-0.39, 0.29) is 17.9 Å². The largest absolute Gasteiger partial charge is 0.347 e. The van der Waals surface area contributed by atoms with E-state index in [2.05, 4.69) is 32.8 Å². The fraction of sp³-hybridized carbons (Fsp3) is 0.611. The fourth-order valence-corrected chi connectivity index (χ4v) is 4.52. The summed E-state index contributed by atoms with van der Waals surface area (Å²) in [5.74, 6) is 0.631. The van der Waals surface area contributed by atoms with Crippen molar-refractivity contribution in [3.63, 3.8) is 0 Å². The number of hydrogen-bond acceptors (Lipinski definition) is 5. The lowest BCUT2D eigenvalue weighted by atomic mass is 10.1. The summed E-state index contributed by atoms with van der Waals surface area (Å²) >= 11 is 1.74. The van der Waals surface area contributed by atoms with E-state index in [4.69, 9.17) is 9.47 Å². The van der Waals surface area contributed by atoms with Gasteiger partial charge < -0.3 is 19.8 Å². The minimum atomic E-state index is -0.314. The molecule has 2 atom stereocenters. The maximum absolute atomic E-state index is 6.34. The highest BCUT2D eigenvalue weighted by Gasteiger charge is 2.41. The Morgan fingerprint density at radius 2 is 2.21 bits per heavy atom. The van der Waals surface area contributed by atoms with Gasteiger partial charge in [0.1, 0.15) is 11.9 Å². The average Bonchev–Trinajstić information content (AvgIpc) is 3.31. The number of ether oxygens (including phenoxy) is 2. The lowest BCUT2D eigenvalue weighted by Gasteiger charge is -2.26. The van der Waals surface area contributed by atoms with E-state index in [1.807, 2.05) is 6.20 Å². The van der Waals surface area contributed by atoms with Gasteiger partial charge in [0.05, 0.1) is 12.7 Å². The second-order valence-electron chi connectivity index (χ2n) is 6.71. The van der Waals surface area contributed by atoms with Gasteiger partial charge >= 0.3 is 0 Å². The summed E-state index contributed by atoms with van der Waals surface area (Å²) in [6, 6.07) is 4.30. The molecule has 0 radical (unpaired) electrons. The highest BCUT2D eigenvalue weighted by atomic mass is 32.1. The van der Waals surface area contributed by atoms with Crippen LogP contribution in [0.15, 0.2) is 29.9 Å². The first-order chi connectivity index (χ1) is 11.8. The molecule has 2 aromatic heterocycles. The first-order valence-electron chi connectivity index (χ1n) is 8.92. The number of H-pyrrole nitrogens is 1. The topological polar surface area (TPSA) is 59.2 Å². The Labute approximate surface area is 146 Å². The molecule has 2 aliphatic rings. The van der Waals surface area contributed by atoms with Gasteiger partial charge in [-0.2, -0.15) is 0 Å². The van der Waals surface area contributed by atoms with Crippen molar-refractivity contribution in [1.29, 1.82) is 0 Å². The van der Waals surface area contributed by atoms with Gasteiger partial charge in [0.15, 0.2) is 5.79 Å². The molecular weight excluding hydrogens is 322 g/mol. The zero-order valence-corrected chi connectivity index (χ0v) is 14.7. The van der Waals surface area contributed by atoms with Crippen LogP contribution in [-0.4, -0.2) is 35.0 Å². The van der Waals surface area contributed by atoms with Crippen molar-refractivity contribution in [2.45, 2.75) is 56.5 Å². The number of aromatic amines is 1. The molecule has 1 aliphatic carbocycles. The Kier molecular flexibility index (Phi) is 4.98. The number of imidazole rings is 1. The van der Waals surface area contributed by atoms with Crippen molar-refractivity contribution < 1.29 is 9.47 Å². The minimum absolute atomic E-state index is 0.0780. The van der Waals surface area contributed by atoms with E-state index < -0.39 is 0 Å². The van der Waals surface area contributed by atoms with E-state index >= 15 is 0 Å². The summed E-state index contributed by atoms with van der Waals surface area (Å²) in [6.45, 7) is 1.45. The molecule has 130 valence electrons. The van der Waals surface area contributed by atoms with Crippen LogP contribution in [-0.2, 0) is 9.47 Å². The van der Waals surface area contributed by atoms with Gasteiger partial charge in [0.2, 0.25) is 0 Å². The van der Waals surface area contributed by atoms with Crippen LogP contribution in [0.3, 0.4) is 0 Å². The van der Waals surface area contributed by atoms with Crippen LogP contribution in [0.1, 0.15) is 55.3 Å². The molecule has 5 nitrogen and oxygen atoms in total. The maximum atomic E-state index is 6.34. The average molecular weight is 347 g/mol. The van der Waals surface area contributed by atoms with Gasteiger partial charge in [-0.25, -0.2) is 4.98 Å². The number of nitrogens with zero attached hydrogens (tertiary/aromatic N) is 1. The molecule has 1 saturated carbocycles. The van der Waals surface area contributed by atoms with Crippen LogP contribution in [0.5, 0.6) is 0 Å². The van der Waals surface area contributed by atoms with Crippen LogP contribution in [0.4, 0.5) is 0 Å².